The summed E-state index contributed by atoms with van der Waals surface area (Å²) in [6, 6.07) is 10.7. The van der Waals surface area contributed by atoms with E-state index < -0.39 is 17.8 Å². The van der Waals surface area contributed by atoms with Gasteiger partial charge in [-0.25, -0.2) is 9.59 Å². The molecular formula is C25H23ClN2O6S2. The van der Waals surface area contributed by atoms with Crippen molar-refractivity contribution in [3.8, 4) is 11.3 Å². The third-order valence-corrected chi connectivity index (χ3v) is 6.35. The summed E-state index contributed by atoms with van der Waals surface area (Å²) >= 11 is 12.1. The predicted molar refractivity (Wildman–Crippen MR) is 144 cm³/mol. The minimum absolute atomic E-state index is 0.0619. The number of nitrogens with one attached hydrogen (secondary N) is 2. The van der Waals surface area contributed by atoms with Crippen LogP contribution in [0.25, 0.3) is 17.4 Å². The van der Waals surface area contributed by atoms with Crippen molar-refractivity contribution in [3.63, 3.8) is 0 Å². The fourth-order valence-corrected chi connectivity index (χ4v) is 4.59. The number of carbonyl (C=O) groups excluding carboxylic acids is 3. The second kappa shape index (κ2) is 12.5. The average Bonchev–Trinajstić information content (AvgIpc) is 3.43. The van der Waals surface area contributed by atoms with Crippen molar-refractivity contribution < 1.29 is 28.3 Å². The van der Waals surface area contributed by atoms with Gasteiger partial charge in [-0.1, -0.05) is 11.6 Å². The fraction of sp³-hybridized carbons (Fsp3) is 0.200. The number of anilines is 1. The first-order valence-electron chi connectivity index (χ1n) is 10.9. The number of amides is 1. The van der Waals surface area contributed by atoms with E-state index in [9.17, 15) is 14.4 Å². The molecule has 8 nitrogen and oxygen atoms in total. The second-order valence-corrected chi connectivity index (χ2v) is 9.05. The van der Waals surface area contributed by atoms with Crippen LogP contribution < -0.4 is 10.6 Å². The van der Waals surface area contributed by atoms with Crippen molar-refractivity contribution in [3.05, 3.63) is 69.3 Å². The van der Waals surface area contributed by atoms with Crippen molar-refractivity contribution in [2.75, 3.05) is 18.5 Å². The van der Waals surface area contributed by atoms with E-state index in [0.717, 1.165) is 16.9 Å². The Labute approximate surface area is 222 Å². The quantitative estimate of drug-likeness (QED) is 0.206. The predicted octanol–water partition coefficient (Wildman–Crippen LogP) is 5.85. The highest BCUT2D eigenvalue weighted by molar-refractivity contribution is 7.80. The molecule has 0 aliphatic heterocycles. The largest absolute Gasteiger partial charge is 0.462 e. The van der Waals surface area contributed by atoms with Gasteiger partial charge in [0.25, 0.3) is 0 Å². The molecule has 0 unspecified atom stereocenters. The number of carbonyl (C=O) groups is 3. The van der Waals surface area contributed by atoms with E-state index in [0.29, 0.717) is 22.1 Å². The molecule has 2 N–H and O–H groups in total. The van der Waals surface area contributed by atoms with Gasteiger partial charge in [-0.15, -0.1) is 11.3 Å². The molecule has 1 amide bonds. The Balaban J connectivity index is 1.68. The summed E-state index contributed by atoms with van der Waals surface area (Å²) in [7, 11) is 0. The molecule has 188 valence electrons. The number of rotatable bonds is 8. The first-order valence-corrected chi connectivity index (χ1v) is 12.5. The van der Waals surface area contributed by atoms with Gasteiger partial charge >= 0.3 is 11.9 Å². The van der Waals surface area contributed by atoms with Gasteiger partial charge in [0.1, 0.15) is 21.4 Å². The molecule has 0 fully saturated rings. The van der Waals surface area contributed by atoms with E-state index in [1.54, 1.807) is 45.0 Å². The van der Waals surface area contributed by atoms with Crippen LogP contribution >= 0.6 is 35.2 Å². The second-order valence-electron chi connectivity index (χ2n) is 7.19. The minimum Gasteiger partial charge on any atom is -0.462 e. The molecule has 0 aliphatic rings. The molecule has 0 saturated heterocycles. The van der Waals surface area contributed by atoms with E-state index in [-0.39, 0.29) is 33.8 Å². The average molecular weight is 547 g/mol. The smallest absolute Gasteiger partial charge is 0.348 e. The van der Waals surface area contributed by atoms with E-state index in [2.05, 4.69) is 10.6 Å². The fourth-order valence-electron chi connectivity index (χ4n) is 3.10. The lowest BCUT2D eigenvalue weighted by Crippen LogP contribution is -2.33. The van der Waals surface area contributed by atoms with Gasteiger partial charge in [-0.2, -0.15) is 0 Å². The van der Waals surface area contributed by atoms with E-state index in [1.807, 2.05) is 12.1 Å². The van der Waals surface area contributed by atoms with Gasteiger partial charge in [0.05, 0.1) is 18.8 Å². The molecule has 3 aromatic rings. The number of thiocarbonyl (C=S) groups is 1. The SMILES string of the molecule is CCOC(=O)c1sc(NC(=S)NC(=O)C=Cc2ccc(-c3ccc(Cl)cc3)o2)c(C(=O)OCC)c1C. The zero-order valence-electron chi connectivity index (χ0n) is 19.7. The number of halogens is 1. The number of ether oxygens (including phenoxy) is 2. The van der Waals surface area contributed by atoms with Crippen LogP contribution in [0.15, 0.2) is 46.9 Å². The molecule has 0 bridgehead atoms. The first-order chi connectivity index (χ1) is 17.2. The van der Waals surface area contributed by atoms with E-state index >= 15 is 0 Å². The number of hydrogen-bond acceptors (Lipinski definition) is 8. The summed E-state index contributed by atoms with van der Waals surface area (Å²) in [6.45, 7) is 5.32. The van der Waals surface area contributed by atoms with Gasteiger partial charge in [0, 0.05) is 16.7 Å². The lowest BCUT2D eigenvalue weighted by molar-refractivity contribution is -0.115. The highest BCUT2D eigenvalue weighted by Gasteiger charge is 2.27. The molecule has 1 aromatic carbocycles. The Morgan fingerprint density at radius 3 is 2.39 bits per heavy atom. The van der Waals surface area contributed by atoms with Crippen LogP contribution in [0.5, 0.6) is 0 Å². The topological polar surface area (TPSA) is 107 Å². The lowest BCUT2D eigenvalue weighted by Gasteiger charge is -2.09. The van der Waals surface area contributed by atoms with Crippen LogP contribution in [-0.4, -0.2) is 36.2 Å². The molecule has 2 heterocycles. The minimum atomic E-state index is -0.618. The number of esters is 2. The van der Waals surface area contributed by atoms with Gasteiger partial charge in [0.2, 0.25) is 5.91 Å². The van der Waals surface area contributed by atoms with Crippen LogP contribution in [0, 0.1) is 6.92 Å². The summed E-state index contributed by atoms with van der Waals surface area (Å²) in [5.74, 6) is -0.610. The Morgan fingerprint density at radius 1 is 1.06 bits per heavy atom. The highest BCUT2D eigenvalue weighted by atomic mass is 35.5. The van der Waals surface area contributed by atoms with Crippen molar-refractivity contribution in [1.29, 1.82) is 0 Å². The number of furan rings is 1. The van der Waals surface area contributed by atoms with Crippen LogP contribution in [0.2, 0.25) is 5.02 Å². The van der Waals surface area contributed by atoms with Crippen LogP contribution in [0.1, 0.15) is 45.2 Å². The van der Waals surface area contributed by atoms with Crippen molar-refractivity contribution in [2.45, 2.75) is 20.8 Å². The Morgan fingerprint density at radius 2 is 1.72 bits per heavy atom. The molecule has 0 atom stereocenters. The van der Waals surface area contributed by atoms with Crippen molar-refractivity contribution in [1.82, 2.24) is 5.32 Å². The van der Waals surface area contributed by atoms with Crippen LogP contribution in [0.3, 0.4) is 0 Å². The summed E-state index contributed by atoms with van der Waals surface area (Å²) in [5.41, 5.74) is 1.41. The maximum atomic E-state index is 12.5. The molecule has 0 radical (unpaired) electrons. The summed E-state index contributed by atoms with van der Waals surface area (Å²) in [4.78, 5) is 37.4. The van der Waals surface area contributed by atoms with Gasteiger partial charge in [-0.3, -0.25) is 10.1 Å². The molecular weight excluding hydrogens is 524 g/mol. The maximum Gasteiger partial charge on any atom is 0.348 e. The third-order valence-electron chi connectivity index (χ3n) is 4.71. The van der Waals surface area contributed by atoms with Gasteiger partial charge in [0.15, 0.2) is 5.11 Å². The highest BCUT2D eigenvalue weighted by Crippen LogP contribution is 2.34. The summed E-state index contributed by atoms with van der Waals surface area (Å²) in [6.07, 6.45) is 2.75. The number of thiophene rings is 1. The van der Waals surface area contributed by atoms with Gasteiger partial charge < -0.3 is 19.2 Å². The standard InChI is InChI=1S/C25H23ClN2O6S2/c1-4-32-23(30)20-14(3)21(24(31)33-5-2)36-22(20)28-25(35)27-19(29)13-11-17-10-12-18(34-17)15-6-8-16(26)9-7-15/h6-13H,4-5H2,1-3H3,(H2,27,28,29,35). The van der Waals surface area contributed by atoms with Crippen LogP contribution in [-0.2, 0) is 14.3 Å². The zero-order chi connectivity index (χ0) is 26.2. The molecule has 36 heavy (non-hydrogen) atoms. The molecule has 0 aliphatic carbocycles. The zero-order valence-corrected chi connectivity index (χ0v) is 22.1. The lowest BCUT2D eigenvalue weighted by atomic mass is 10.1. The molecule has 0 spiro atoms. The number of hydrogen-bond donors (Lipinski definition) is 2. The molecule has 2 aromatic heterocycles. The summed E-state index contributed by atoms with van der Waals surface area (Å²) < 4.78 is 15.9. The van der Waals surface area contributed by atoms with Gasteiger partial charge in [-0.05, 0) is 81.0 Å². The Kier molecular flexibility index (Phi) is 9.40. The van der Waals surface area contributed by atoms with E-state index in [4.69, 9.17) is 37.7 Å². The molecule has 0 saturated carbocycles. The van der Waals surface area contributed by atoms with E-state index in [1.165, 1.54) is 12.2 Å². The third kappa shape index (κ3) is 6.81. The summed E-state index contributed by atoms with van der Waals surface area (Å²) in [5, 5.41) is 6.13. The molecule has 11 heteroatoms. The van der Waals surface area contributed by atoms with Crippen LogP contribution in [0.4, 0.5) is 5.00 Å². The Bertz CT molecular complexity index is 1310. The first kappa shape index (κ1) is 27.1. The maximum absolute atomic E-state index is 12.5. The monoisotopic (exact) mass is 546 g/mol. The Hall–Kier alpha value is -3.47. The normalized spacial score (nSPS) is 10.8. The van der Waals surface area contributed by atoms with Crippen molar-refractivity contribution >= 4 is 69.2 Å². The van der Waals surface area contributed by atoms with Crippen molar-refractivity contribution in [2.24, 2.45) is 0 Å². The number of benzene rings is 1. The molecule has 3 rings (SSSR count).